The van der Waals surface area contributed by atoms with Gasteiger partial charge in [-0.25, -0.2) is 0 Å². The van der Waals surface area contributed by atoms with E-state index < -0.39 is 5.79 Å². The number of hydrogen-bond donors (Lipinski definition) is 1. The van der Waals surface area contributed by atoms with Crippen molar-refractivity contribution in [1.29, 1.82) is 0 Å². The summed E-state index contributed by atoms with van der Waals surface area (Å²) >= 11 is 1.85. The van der Waals surface area contributed by atoms with Gasteiger partial charge in [0.15, 0.2) is 5.79 Å². The molecular weight excluding hydrogens is 226 g/mol. The van der Waals surface area contributed by atoms with E-state index in [1.54, 1.807) is 0 Å². The number of ether oxygens (including phenoxy) is 2. The second-order valence-electron chi connectivity index (χ2n) is 4.76. The molecule has 2 rings (SSSR count). The molecule has 2 aliphatic rings. The summed E-state index contributed by atoms with van der Waals surface area (Å²) in [4.78, 5) is 11.7. The first kappa shape index (κ1) is 12.2. The van der Waals surface area contributed by atoms with Crippen LogP contribution in [-0.2, 0) is 14.3 Å². The standard InChI is InChI=1S/C11H19NO3S/c1-11(2)14-6-9(15-11)5-12-10(13)8-3-4-16-7-8/h8-9H,3-7H2,1-2H3,(H,12,13). The van der Waals surface area contributed by atoms with Gasteiger partial charge in [-0.1, -0.05) is 0 Å². The molecule has 4 nitrogen and oxygen atoms in total. The van der Waals surface area contributed by atoms with Gasteiger partial charge in [0.25, 0.3) is 0 Å². The van der Waals surface area contributed by atoms with E-state index in [1.165, 1.54) is 0 Å². The van der Waals surface area contributed by atoms with E-state index in [9.17, 15) is 4.79 Å². The summed E-state index contributed by atoms with van der Waals surface area (Å²) in [7, 11) is 0. The van der Waals surface area contributed by atoms with Gasteiger partial charge in [0, 0.05) is 18.2 Å². The maximum Gasteiger partial charge on any atom is 0.224 e. The molecule has 5 heteroatoms. The molecule has 2 heterocycles. The Kier molecular flexibility index (Phi) is 3.77. The molecule has 2 saturated heterocycles. The fraction of sp³-hybridized carbons (Fsp3) is 0.909. The molecule has 92 valence electrons. The Bertz CT molecular complexity index is 264. The van der Waals surface area contributed by atoms with Crippen molar-refractivity contribution in [3.8, 4) is 0 Å². The van der Waals surface area contributed by atoms with Gasteiger partial charge < -0.3 is 14.8 Å². The molecular formula is C11H19NO3S. The van der Waals surface area contributed by atoms with E-state index in [0.717, 1.165) is 17.9 Å². The lowest BCUT2D eigenvalue weighted by atomic mass is 10.1. The van der Waals surface area contributed by atoms with Crippen molar-refractivity contribution < 1.29 is 14.3 Å². The maximum atomic E-state index is 11.7. The molecule has 0 spiro atoms. The molecule has 2 unspecified atom stereocenters. The van der Waals surface area contributed by atoms with Gasteiger partial charge in [0.05, 0.1) is 6.61 Å². The van der Waals surface area contributed by atoms with Crippen LogP contribution in [0, 0.1) is 5.92 Å². The van der Waals surface area contributed by atoms with Gasteiger partial charge in [0.2, 0.25) is 5.91 Å². The quantitative estimate of drug-likeness (QED) is 0.806. The Labute approximate surface area is 100 Å². The largest absolute Gasteiger partial charge is 0.353 e. The van der Waals surface area contributed by atoms with Crippen LogP contribution >= 0.6 is 11.8 Å². The van der Waals surface area contributed by atoms with Crippen LogP contribution in [0.2, 0.25) is 0 Å². The normalized spacial score (nSPS) is 32.9. The molecule has 16 heavy (non-hydrogen) atoms. The summed E-state index contributed by atoms with van der Waals surface area (Å²) in [5.41, 5.74) is 0. The van der Waals surface area contributed by atoms with Gasteiger partial charge in [-0.2, -0.15) is 11.8 Å². The van der Waals surface area contributed by atoms with Crippen molar-refractivity contribution >= 4 is 17.7 Å². The molecule has 1 amide bonds. The Morgan fingerprint density at radius 1 is 1.56 bits per heavy atom. The van der Waals surface area contributed by atoms with Crippen LogP contribution in [0.5, 0.6) is 0 Å². The Hall–Kier alpha value is -0.260. The second kappa shape index (κ2) is 4.94. The zero-order chi connectivity index (χ0) is 11.6. The monoisotopic (exact) mass is 245 g/mol. The summed E-state index contributed by atoms with van der Waals surface area (Å²) in [6, 6.07) is 0. The fourth-order valence-electron chi connectivity index (χ4n) is 1.96. The SMILES string of the molecule is CC1(C)OCC(CNC(=O)C2CCSC2)O1. The average Bonchev–Trinajstić information content (AvgIpc) is 2.83. The van der Waals surface area contributed by atoms with Gasteiger partial charge in [-0.15, -0.1) is 0 Å². The van der Waals surface area contributed by atoms with Gasteiger partial charge in [-0.3, -0.25) is 4.79 Å². The van der Waals surface area contributed by atoms with Crippen molar-refractivity contribution in [2.75, 3.05) is 24.7 Å². The average molecular weight is 245 g/mol. The van der Waals surface area contributed by atoms with Crippen LogP contribution in [0.4, 0.5) is 0 Å². The fourth-order valence-corrected chi connectivity index (χ4v) is 3.18. The molecule has 0 aliphatic carbocycles. The number of carbonyl (C=O) groups excluding carboxylic acids is 1. The van der Waals surface area contributed by atoms with Gasteiger partial charge >= 0.3 is 0 Å². The van der Waals surface area contributed by atoms with Crippen LogP contribution in [0.15, 0.2) is 0 Å². The topological polar surface area (TPSA) is 47.6 Å². The minimum absolute atomic E-state index is 0.00648. The molecule has 0 radical (unpaired) electrons. The Morgan fingerprint density at radius 3 is 2.94 bits per heavy atom. The lowest BCUT2D eigenvalue weighted by Crippen LogP contribution is -2.37. The van der Waals surface area contributed by atoms with E-state index in [1.807, 2.05) is 25.6 Å². The highest BCUT2D eigenvalue weighted by Crippen LogP contribution is 2.24. The highest BCUT2D eigenvalue weighted by Gasteiger charge is 2.33. The van der Waals surface area contributed by atoms with E-state index in [4.69, 9.17) is 9.47 Å². The first-order valence-corrected chi connectivity index (χ1v) is 6.89. The van der Waals surface area contributed by atoms with Crippen molar-refractivity contribution in [2.24, 2.45) is 5.92 Å². The highest BCUT2D eigenvalue weighted by atomic mass is 32.2. The van der Waals surface area contributed by atoms with Crippen LogP contribution in [0.1, 0.15) is 20.3 Å². The second-order valence-corrected chi connectivity index (χ2v) is 5.91. The zero-order valence-corrected chi connectivity index (χ0v) is 10.6. The van der Waals surface area contributed by atoms with Gasteiger partial charge in [0.1, 0.15) is 6.10 Å². The van der Waals surface area contributed by atoms with Crippen molar-refractivity contribution in [1.82, 2.24) is 5.32 Å². The smallest absolute Gasteiger partial charge is 0.224 e. The zero-order valence-electron chi connectivity index (χ0n) is 9.82. The summed E-state index contributed by atoms with van der Waals surface area (Å²) in [5, 5.41) is 2.95. The molecule has 0 aromatic heterocycles. The van der Waals surface area contributed by atoms with Crippen LogP contribution < -0.4 is 5.32 Å². The number of thioether (sulfide) groups is 1. The maximum absolute atomic E-state index is 11.7. The first-order valence-electron chi connectivity index (χ1n) is 5.74. The molecule has 2 aliphatic heterocycles. The summed E-state index contributed by atoms with van der Waals surface area (Å²) in [5.74, 6) is 1.92. The minimum Gasteiger partial charge on any atom is -0.353 e. The Morgan fingerprint density at radius 2 is 2.38 bits per heavy atom. The number of nitrogens with one attached hydrogen (secondary N) is 1. The third kappa shape index (κ3) is 3.12. The highest BCUT2D eigenvalue weighted by molar-refractivity contribution is 7.99. The van der Waals surface area contributed by atoms with Crippen LogP contribution in [-0.4, -0.2) is 42.5 Å². The molecule has 2 atom stereocenters. The van der Waals surface area contributed by atoms with E-state index in [-0.39, 0.29) is 17.9 Å². The Balaban J connectivity index is 1.69. The lowest BCUT2D eigenvalue weighted by molar-refractivity contribution is -0.139. The number of hydrogen-bond acceptors (Lipinski definition) is 4. The minimum atomic E-state index is -0.501. The van der Waals surface area contributed by atoms with E-state index in [0.29, 0.717) is 13.2 Å². The molecule has 1 N–H and O–H groups in total. The molecule has 0 aromatic carbocycles. The van der Waals surface area contributed by atoms with Crippen LogP contribution in [0.25, 0.3) is 0 Å². The van der Waals surface area contributed by atoms with Crippen molar-refractivity contribution in [2.45, 2.75) is 32.2 Å². The number of carbonyl (C=O) groups is 1. The molecule has 0 bridgehead atoms. The molecule has 0 aromatic rings. The van der Waals surface area contributed by atoms with Crippen molar-refractivity contribution in [3.63, 3.8) is 0 Å². The third-order valence-electron chi connectivity index (χ3n) is 2.87. The van der Waals surface area contributed by atoms with E-state index >= 15 is 0 Å². The van der Waals surface area contributed by atoms with Crippen LogP contribution in [0.3, 0.4) is 0 Å². The van der Waals surface area contributed by atoms with Gasteiger partial charge in [-0.05, 0) is 26.0 Å². The predicted molar refractivity (Wildman–Crippen MR) is 63.3 cm³/mol. The molecule has 2 fully saturated rings. The number of rotatable bonds is 3. The summed E-state index contributed by atoms with van der Waals surface area (Å²) < 4.78 is 11.1. The summed E-state index contributed by atoms with van der Waals surface area (Å²) in [6.07, 6.45) is 0.998. The first-order chi connectivity index (χ1) is 7.57. The van der Waals surface area contributed by atoms with Crippen molar-refractivity contribution in [3.05, 3.63) is 0 Å². The lowest BCUT2D eigenvalue weighted by Gasteiger charge is -2.17. The summed E-state index contributed by atoms with van der Waals surface area (Å²) in [6.45, 7) is 4.90. The number of amides is 1. The molecule has 0 saturated carbocycles. The van der Waals surface area contributed by atoms with E-state index in [2.05, 4.69) is 5.32 Å². The predicted octanol–water partition coefficient (Wildman–Crippen LogP) is 1.01. The third-order valence-corrected chi connectivity index (χ3v) is 4.03.